The number of aliphatic hydroxyl groups is 1. The Morgan fingerprint density at radius 2 is 2.09 bits per heavy atom. The average molecular weight is 329 g/mol. The molecule has 0 spiro atoms. The lowest BCUT2D eigenvalue weighted by molar-refractivity contribution is -0.0589. The molecule has 5 atom stereocenters. The number of nitrogen functional groups attached to an aromatic ring is 1. The van der Waals surface area contributed by atoms with E-state index in [0.717, 1.165) is 0 Å². The van der Waals surface area contributed by atoms with Crippen molar-refractivity contribution < 1.29 is 28.3 Å². The molecule has 2 aliphatic heterocycles. The fourth-order valence-corrected chi connectivity index (χ4v) is 3.85. The number of imidazole rings is 1. The third-order valence-electron chi connectivity index (χ3n) is 3.64. The first kappa shape index (κ1) is 14.0. The Hall–Kier alpha value is -1.62. The number of fused-ring (bicyclic) bond motifs is 2. The van der Waals surface area contributed by atoms with E-state index in [9.17, 15) is 14.6 Å². The number of phosphoric acid groups is 1. The van der Waals surface area contributed by atoms with Crippen LogP contribution in [0.2, 0.25) is 0 Å². The summed E-state index contributed by atoms with van der Waals surface area (Å²) in [5.41, 5.74) is 6.49. The van der Waals surface area contributed by atoms with E-state index in [2.05, 4.69) is 15.0 Å². The number of nitrogens with two attached hydrogens (primary N) is 1. The van der Waals surface area contributed by atoms with E-state index in [1.54, 1.807) is 0 Å². The Morgan fingerprint density at radius 1 is 1.32 bits per heavy atom. The Morgan fingerprint density at radius 3 is 2.86 bits per heavy atom. The summed E-state index contributed by atoms with van der Waals surface area (Å²) in [5, 5.41) is 9.35. The van der Waals surface area contributed by atoms with Gasteiger partial charge in [-0.25, -0.2) is 19.5 Å². The van der Waals surface area contributed by atoms with Gasteiger partial charge in [0.05, 0.1) is 12.9 Å². The molecule has 2 aromatic rings. The van der Waals surface area contributed by atoms with E-state index in [0.29, 0.717) is 11.2 Å². The standard InChI is InChI=1S/C10H12N5O6P/c11-8-5-9(13-2-12-8)15(3-14-5)10-7-6(4(1-16)19-10)20-22(17,18)21-7/h2-4,6-7,10,16H,1H2,(H,17,18)(H2,11,12,13)/t4-,6-,7+,10-/m1/s1. The molecule has 0 amide bonds. The predicted octanol–water partition coefficient (Wildman–Crippen LogP) is -0.817. The number of anilines is 1. The molecular formula is C10H12N5O6P. The van der Waals surface area contributed by atoms with E-state index in [1.165, 1.54) is 17.2 Å². The highest BCUT2D eigenvalue weighted by molar-refractivity contribution is 7.47. The molecular weight excluding hydrogens is 317 g/mol. The summed E-state index contributed by atoms with van der Waals surface area (Å²) in [5.74, 6) is 0.202. The first-order valence-corrected chi connectivity index (χ1v) is 7.88. The van der Waals surface area contributed by atoms with Crippen molar-refractivity contribution >= 4 is 24.8 Å². The third-order valence-corrected chi connectivity index (χ3v) is 4.66. The van der Waals surface area contributed by atoms with Gasteiger partial charge < -0.3 is 20.5 Å². The lowest BCUT2D eigenvalue weighted by Gasteiger charge is -2.18. The number of aromatic nitrogens is 4. The van der Waals surface area contributed by atoms with Gasteiger partial charge in [0.15, 0.2) is 17.7 Å². The van der Waals surface area contributed by atoms with Gasteiger partial charge in [0.2, 0.25) is 0 Å². The van der Waals surface area contributed by atoms with E-state index < -0.39 is 32.4 Å². The molecule has 2 aromatic heterocycles. The van der Waals surface area contributed by atoms with Crippen molar-refractivity contribution in [2.45, 2.75) is 24.5 Å². The van der Waals surface area contributed by atoms with Crippen LogP contribution < -0.4 is 5.73 Å². The molecule has 2 fully saturated rings. The molecule has 0 bridgehead atoms. The molecule has 12 heteroatoms. The summed E-state index contributed by atoms with van der Waals surface area (Å²) >= 11 is 0. The maximum Gasteiger partial charge on any atom is 0.473 e. The highest BCUT2D eigenvalue weighted by Crippen LogP contribution is 2.58. The Kier molecular flexibility index (Phi) is 2.98. The molecule has 4 rings (SSSR count). The number of hydrogen-bond donors (Lipinski definition) is 3. The molecule has 0 saturated carbocycles. The lowest BCUT2D eigenvalue weighted by atomic mass is 10.1. The van der Waals surface area contributed by atoms with Crippen LogP contribution in [0, 0.1) is 0 Å². The maximum absolute atomic E-state index is 11.6. The minimum atomic E-state index is -4.16. The third kappa shape index (κ3) is 1.95. The molecule has 4 N–H and O–H groups in total. The molecule has 2 aliphatic rings. The van der Waals surface area contributed by atoms with Crippen molar-refractivity contribution in [3.05, 3.63) is 12.7 Å². The first-order chi connectivity index (χ1) is 10.5. The summed E-state index contributed by atoms with van der Waals surface area (Å²) in [7, 11) is -4.16. The van der Waals surface area contributed by atoms with Gasteiger partial charge in [-0.1, -0.05) is 0 Å². The van der Waals surface area contributed by atoms with Crippen LogP contribution in [0.25, 0.3) is 11.2 Å². The van der Waals surface area contributed by atoms with Crippen LogP contribution in [0.4, 0.5) is 5.82 Å². The first-order valence-electron chi connectivity index (χ1n) is 6.39. The molecule has 2 saturated heterocycles. The number of aliphatic hydroxyl groups excluding tert-OH is 1. The van der Waals surface area contributed by atoms with Gasteiger partial charge in [-0.2, -0.15) is 0 Å². The van der Waals surface area contributed by atoms with Gasteiger partial charge in [0.25, 0.3) is 0 Å². The van der Waals surface area contributed by atoms with Crippen molar-refractivity contribution in [1.29, 1.82) is 0 Å². The van der Waals surface area contributed by atoms with Gasteiger partial charge in [-0.05, 0) is 0 Å². The van der Waals surface area contributed by atoms with Crippen LogP contribution in [0.1, 0.15) is 6.23 Å². The van der Waals surface area contributed by atoms with Gasteiger partial charge in [-0.15, -0.1) is 0 Å². The second kappa shape index (κ2) is 4.69. The van der Waals surface area contributed by atoms with Crippen LogP contribution >= 0.6 is 7.82 Å². The van der Waals surface area contributed by atoms with Crippen molar-refractivity contribution in [3.63, 3.8) is 0 Å². The minimum Gasteiger partial charge on any atom is -0.394 e. The molecule has 118 valence electrons. The van der Waals surface area contributed by atoms with E-state index in [1.807, 2.05) is 0 Å². The van der Waals surface area contributed by atoms with Crippen LogP contribution in [-0.4, -0.2) is 54.4 Å². The molecule has 22 heavy (non-hydrogen) atoms. The summed E-state index contributed by atoms with van der Waals surface area (Å²) in [6.07, 6.45) is -0.668. The summed E-state index contributed by atoms with van der Waals surface area (Å²) in [6.45, 7) is -0.384. The van der Waals surface area contributed by atoms with E-state index >= 15 is 0 Å². The fourth-order valence-electron chi connectivity index (χ4n) is 2.71. The fraction of sp³-hybridized carbons (Fsp3) is 0.500. The molecule has 4 heterocycles. The molecule has 0 radical (unpaired) electrons. The molecule has 11 nitrogen and oxygen atoms in total. The topological polar surface area (TPSA) is 155 Å². The largest absolute Gasteiger partial charge is 0.473 e. The molecule has 1 unspecified atom stereocenters. The van der Waals surface area contributed by atoms with Crippen LogP contribution in [0.15, 0.2) is 12.7 Å². The lowest BCUT2D eigenvalue weighted by Crippen LogP contribution is -2.30. The highest BCUT2D eigenvalue weighted by Gasteiger charge is 2.57. The zero-order chi connectivity index (χ0) is 15.5. The van der Waals surface area contributed by atoms with Gasteiger partial charge >= 0.3 is 7.82 Å². The zero-order valence-electron chi connectivity index (χ0n) is 11.0. The normalized spacial score (nSPS) is 37.7. The van der Waals surface area contributed by atoms with Crippen molar-refractivity contribution in [2.75, 3.05) is 12.3 Å². The van der Waals surface area contributed by atoms with Gasteiger partial charge in [-0.3, -0.25) is 13.6 Å². The van der Waals surface area contributed by atoms with Crippen molar-refractivity contribution in [3.8, 4) is 0 Å². The monoisotopic (exact) mass is 329 g/mol. The second-order valence-corrected chi connectivity index (χ2v) is 6.30. The average Bonchev–Trinajstić information content (AvgIpc) is 3.10. The number of phosphoric ester groups is 1. The van der Waals surface area contributed by atoms with Crippen LogP contribution in [-0.2, 0) is 18.3 Å². The Bertz CT molecular complexity index is 782. The number of ether oxygens (including phenoxy) is 1. The van der Waals surface area contributed by atoms with E-state index in [-0.39, 0.29) is 12.4 Å². The highest BCUT2D eigenvalue weighted by atomic mass is 31.2. The maximum atomic E-state index is 11.6. The van der Waals surface area contributed by atoms with Crippen molar-refractivity contribution in [2.24, 2.45) is 0 Å². The SMILES string of the molecule is Nc1ncnc2c1ncn2[C@@H]1O[C@H](CO)[C@H]2OP(=O)(O)O[C@@H]21. The quantitative estimate of drug-likeness (QED) is 0.595. The van der Waals surface area contributed by atoms with Crippen LogP contribution in [0.5, 0.6) is 0 Å². The second-order valence-electron chi connectivity index (χ2n) is 4.94. The number of rotatable bonds is 2. The summed E-state index contributed by atoms with van der Waals surface area (Å²) in [4.78, 5) is 21.5. The zero-order valence-corrected chi connectivity index (χ0v) is 11.9. The summed E-state index contributed by atoms with van der Waals surface area (Å²) < 4.78 is 28.8. The van der Waals surface area contributed by atoms with Crippen LogP contribution in [0.3, 0.4) is 0 Å². The molecule has 0 aromatic carbocycles. The predicted molar refractivity (Wildman–Crippen MR) is 70.3 cm³/mol. The molecule has 0 aliphatic carbocycles. The van der Waals surface area contributed by atoms with Gasteiger partial charge in [0, 0.05) is 0 Å². The minimum absolute atomic E-state index is 0.202. The van der Waals surface area contributed by atoms with E-state index in [4.69, 9.17) is 19.5 Å². The summed E-state index contributed by atoms with van der Waals surface area (Å²) in [6, 6.07) is 0. The Labute approximate surface area is 123 Å². The Balaban J connectivity index is 1.78. The smallest absolute Gasteiger partial charge is 0.394 e. The number of nitrogens with zero attached hydrogens (tertiary/aromatic N) is 4. The number of hydrogen-bond acceptors (Lipinski definition) is 9. The van der Waals surface area contributed by atoms with Gasteiger partial charge in [0.1, 0.15) is 30.2 Å². The van der Waals surface area contributed by atoms with Crippen molar-refractivity contribution in [1.82, 2.24) is 19.5 Å².